The van der Waals surface area contributed by atoms with E-state index in [1.807, 2.05) is 47.4 Å². The van der Waals surface area contributed by atoms with Crippen molar-refractivity contribution in [3.8, 4) is 17.0 Å². The van der Waals surface area contributed by atoms with E-state index in [0.717, 1.165) is 24.2 Å². The molecule has 0 unspecified atom stereocenters. The molecule has 2 heterocycles. The number of hydrogen-bond donors (Lipinski definition) is 1. The van der Waals surface area contributed by atoms with Gasteiger partial charge < -0.3 is 14.4 Å². The van der Waals surface area contributed by atoms with Crippen LogP contribution in [0.1, 0.15) is 22.3 Å². The van der Waals surface area contributed by atoms with Crippen molar-refractivity contribution >= 4 is 5.91 Å². The van der Waals surface area contributed by atoms with Gasteiger partial charge in [-0.3, -0.25) is 9.89 Å². The smallest absolute Gasteiger partial charge is 0.257 e. The van der Waals surface area contributed by atoms with E-state index < -0.39 is 0 Å². The standard InChI is InChI=1S/C23H25N3O3/c1-28-19-9-5-8-18(14-19)22-21(15-24-25-22)23(27)26-12-13-29-20(16-26)11-10-17-6-3-2-4-7-17/h2-9,14-15,20H,10-13,16H2,1H3,(H,24,25)/t20-/m0/s1. The van der Waals surface area contributed by atoms with Crippen LogP contribution in [0.4, 0.5) is 0 Å². The molecule has 0 saturated carbocycles. The van der Waals surface area contributed by atoms with Gasteiger partial charge in [-0.2, -0.15) is 5.10 Å². The number of methoxy groups -OCH3 is 1. The van der Waals surface area contributed by atoms with Gasteiger partial charge in [0, 0.05) is 18.7 Å². The molecule has 4 rings (SSSR count). The van der Waals surface area contributed by atoms with E-state index >= 15 is 0 Å². The molecular weight excluding hydrogens is 366 g/mol. The molecule has 3 aromatic rings. The molecule has 0 radical (unpaired) electrons. The second-order valence-electron chi connectivity index (χ2n) is 7.16. The quantitative estimate of drug-likeness (QED) is 0.698. The predicted octanol–water partition coefficient (Wildman–Crippen LogP) is 3.56. The lowest BCUT2D eigenvalue weighted by atomic mass is 10.0. The predicted molar refractivity (Wildman–Crippen MR) is 111 cm³/mol. The number of morpholine rings is 1. The highest BCUT2D eigenvalue weighted by molar-refractivity contribution is 5.99. The Morgan fingerprint density at radius 3 is 2.93 bits per heavy atom. The molecule has 1 N–H and O–H groups in total. The topological polar surface area (TPSA) is 67.5 Å². The largest absolute Gasteiger partial charge is 0.497 e. The maximum absolute atomic E-state index is 13.2. The molecule has 6 heteroatoms. The maximum atomic E-state index is 13.2. The Morgan fingerprint density at radius 2 is 2.10 bits per heavy atom. The number of rotatable bonds is 6. The van der Waals surface area contributed by atoms with Gasteiger partial charge in [0.05, 0.1) is 37.3 Å². The zero-order valence-electron chi connectivity index (χ0n) is 16.5. The molecular formula is C23H25N3O3. The van der Waals surface area contributed by atoms with Gasteiger partial charge in [-0.15, -0.1) is 0 Å². The number of amides is 1. The van der Waals surface area contributed by atoms with E-state index in [4.69, 9.17) is 9.47 Å². The first kappa shape index (κ1) is 19.2. The Bertz CT molecular complexity index is 955. The molecule has 0 bridgehead atoms. The third kappa shape index (κ3) is 4.49. The molecule has 6 nitrogen and oxygen atoms in total. The SMILES string of the molecule is COc1cccc(-c2[nH]ncc2C(=O)N2CCO[C@@H](CCc3ccccc3)C2)c1. The fraction of sp³-hybridized carbons (Fsp3) is 0.304. The highest BCUT2D eigenvalue weighted by atomic mass is 16.5. The minimum absolute atomic E-state index is 0.0235. The molecule has 150 valence electrons. The first-order valence-electron chi connectivity index (χ1n) is 9.87. The van der Waals surface area contributed by atoms with Crippen LogP contribution in [0.25, 0.3) is 11.3 Å². The van der Waals surface area contributed by atoms with Crippen LogP contribution in [0, 0.1) is 0 Å². The summed E-state index contributed by atoms with van der Waals surface area (Å²) in [5, 5.41) is 7.09. The minimum Gasteiger partial charge on any atom is -0.497 e. The number of aryl methyl sites for hydroxylation is 1. The number of H-pyrrole nitrogens is 1. The summed E-state index contributed by atoms with van der Waals surface area (Å²) in [4.78, 5) is 15.1. The summed E-state index contributed by atoms with van der Waals surface area (Å²) in [6.07, 6.45) is 3.47. The van der Waals surface area contributed by atoms with Crippen LogP contribution in [0.15, 0.2) is 60.8 Å². The van der Waals surface area contributed by atoms with Gasteiger partial charge in [0.1, 0.15) is 5.75 Å². The summed E-state index contributed by atoms with van der Waals surface area (Å²) in [6.45, 7) is 1.73. The van der Waals surface area contributed by atoms with Gasteiger partial charge in [0.25, 0.3) is 5.91 Å². The van der Waals surface area contributed by atoms with E-state index in [9.17, 15) is 4.79 Å². The van der Waals surface area contributed by atoms with Crippen LogP contribution >= 0.6 is 0 Å². The molecule has 1 aliphatic rings. The second kappa shape index (κ2) is 8.92. The van der Waals surface area contributed by atoms with Gasteiger partial charge in [0.15, 0.2) is 0 Å². The Morgan fingerprint density at radius 1 is 1.24 bits per heavy atom. The minimum atomic E-state index is -0.0235. The van der Waals surface area contributed by atoms with E-state index in [1.54, 1.807) is 13.3 Å². The number of benzene rings is 2. The van der Waals surface area contributed by atoms with Crippen molar-refractivity contribution < 1.29 is 14.3 Å². The molecule has 1 fully saturated rings. The second-order valence-corrected chi connectivity index (χ2v) is 7.16. The van der Waals surface area contributed by atoms with Crippen molar-refractivity contribution in [2.24, 2.45) is 0 Å². The van der Waals surface area contributed by atoms with Gasteiger partial charge in [-0.25, -0.2) is 0 Å². The first-order valence-corrected chi connectivity index (χ1v) is 9.87. The average molecular weight is 391 g/mol. The van der Waals surface area contributed by atoms with Gasteiger partial charge in [-0.05, 0) is 30.5 Å². The molecule has 29 heavy (non-hydrogen) atoms. The third-order valence-electron chi connectivity index (χ3n) is 5.25. The number of nitrogens with zero attached hydrogens (tertiary/aromatic N) is 2. The number of ether oxygens (including phenoxy) is 2. The van der Waals surface area contributed by atoms with Crippen molar-refractivity contribution in [3.05, 3.63) is 71.9 Å². The summed E-state index contributed by atoms with van der Waals surface area (Å²) in [5.74, 6) is 0.715. The van der Waals surface area contributed by atoms with Crippen LogP contribution in [0.5, 0.6) is 5.75 Å². The maximum Gasteiger partial charge on any atom is 0.257 e. The Balaban J connectivity index is 1.45. The van der Waals surface area contributed by atoms with Crippen LogP contribution in [-0.2, 0) is 11.2 Å². The van der Waals surface area contributed by atoms with Crippen LogP contribution in [-0.4, -0.2) is 53.9 Å². The average Bonchev–Trinajstić information content (AvgIpc) is 3.28. The molecule has 2 aromatic carbocycles. The third-order valence-corrected chi connectivity index (χ3v) is 5.25. The van der Waals surface area contributed by atoms with Crippen molar-refractivity contribution in [2.45, 2.75) is 18.9 Å². The van der Waals surface area contributed by atoms with E-state index in [1.165, 1.54) is 5.56 Å². The fourth-order valence-corrected chi connectivity index (χ4v) is 3.67. The Hall–Kier alpha value is -3.12. The van der Waals surface area contributed by atoms with Crippen LogP contribution < -0.4 is 4.74 Å². The molecule has 1 amide bonds. The number of hydrogen-bond acceptors (Lipinski definition) is 4. The van der Waals surface area contributed by atoms with Crippen molar-refractivity contribution in [3.63, 3.8) is 0 Å². The number of carbonyl (C=O) groups excluding carboxylic acids is 1. The van der Waals surface area contributed by atoms with E-state index in [2.05, 4.69) is 22.3 Å². The Kier molecular flexibility index (Phi) is 5.91. The van der Waals surface area contributed by atoms with Crippen molar-refractivity contribution in [1.29, 1.82) is 0 Å². The number of aromatic nitrogens is 2. The highest BCUT2D eigenvalue weighted by Gasteiger charge is 2.27. The lowest BCUT2D eigenvalue weighted by molar-refractivity contribution is -0.0245. The molecule has 1 atom stereocenters. The zero-order valence-corrected chi connectivity index (χ0v) is 16.5. The van der Waals surface area contributed by atoms with Gasteiger partial charge >= 0.3 is 0 Å². The molecule has 1 aliphatic heterocycles. The normalized spacial score (nSPS) is 16.6. The number of nitrogens with one attached hydrogen (secondary N) is 1. The fourth-order valence-electron chi connectivity index (χ4n) is 3.67. The lowest BCUT2D eigenvalue weighted by Crippen LogP contribution is -2.45. The first-order chi connectivity index (χ1) is 14.2. The highest BCUT2D eigenvalue weighted by Crippen LogP contribution is 2.26. The molecule has 0 aliphatic carbocycles. The summed E-state index contributed by atoms with van der Waals surface area (Å²) < 4.78 is 11.2. The number of carbonyl (C=O) groups is 1. The van der Waals surface area contributed by atoms with Crippen LogP contribution in [0.3, 0.4) is 0 Å². The zero-order chi connectivity index (χ0) is 20.1. The molecule has 1 saturated heterocycles. The summed E-state index contributed by atoms with van der Waals surface area (Å²) in [6, 6.07) is 18.0. The van der Waals surface area contributed by atoms with Gasteiger partial charge in [0.2, 0.25) is 0 Å². The van der Waals surface area contributed by atoms with Crippen molar-refractivity contribution in [2.75, 3.05) is 26.8 Å². The molecule has 1 aromatic heterocycles. The van der Waals surface area contributed by atoms with E-state index in [0.29, 0.717) is 31.0 Å². The number of aromatic amines is 1. The molecule has 0 spiro atoms. The monoisotopic (exact) mass is 391 g/mol. The van der Waals surface area contributed by atoms with Gasteiger partial charge in [-0.1, -0.05) is 42.5 Å². The van der Waals surface area contributed by atoms with E-state index in [-0.39, 0.29) is 12.0 Å². The van der Waals surface area contributed by atoms with Crippen molar-refractivity contribution in [1.82, 2.24) is 15.1 Å². The Labute approximate surface area is 170 Å². The lowest BCUT2D eigenvalue weighted by Gasteiger charge is -2.33. The summed E-state index contributed by atoms with van der Waals surface area (Å²) >= 11 is 0. The summed E-state index contributed by atoms with van der Waals surface area (Å²) in [5.41, 5.74) is 3.44. The van der Waals surface area contributed by atoms with Crippen LogP contribution in [0.2, 0.25) is 0 Å². The summed E-state index contributed by atoms with van der Waals surface area (Å²) in [7, 11) is 1.63.